The summed E-state index contributed by atoms with van der Waals surface area (Å²) in [6, 6.07) is 10.6. The Labute approximate surface area is 137 Å². The van der Waals surface area contributed by atoms with Gasteiger partial charge in [-0.1, -0.05) is 38.0 Å². The van der Waals surface area contributed by atoms with Crippen LogP contribution < -0.4 is 10.6 Å². The van der Waals surface area contributed by atoms with E-state index in [4.69, 9.17) is 0 Å². The maximum Gasteiger partial charge on any atom is 0.236 e. The third-order valence-electron chi connectivity index (χ3n) is 5.03. The fraction of sp³-hybridized carbons (Fsp3) is 0.611. The second-order valence-electron chi connectivity index (χ2n) is 6.67. The molecule has 1 amide bonds. The molecule has 120 valence electrons. The zero-order chi connectivity index (χ0) is 15.4. The topological polar surface area (TPSA) is 41.1 Å². The molecule has 0 radical (unpaired) electrons. The Hall–Kier alpha value is -1.00. The van der Waals surface area contributed by atoms with Gasteiger partial charge in [-0.2, -0.15) is 0 Å². The fourth-order valence-corrected chi connectivity index (χ4v) is 4.91. The van der Waals surface area contributed by atoms with Crippen molar-refractivity contribution in [3.8, 4) is 0 Å². The van der Waals surface area contributed by atoms with Gasteiger partial charge >= 0.3 is 0 Å². The van der Waals surface area contributed by atoms with E-state index in [2.05, 4.69) is 41.8 Å². The molecule has 2 unspecified atom stereocenters. The zero-order valence-corrected chi connectivity index (χ0v) is 14.1. The first-order valence-electron chi connectivity index (χ1n) is 8.45. The Morgan fingerprint density at radius 1 is 1.27 bits per heavy atom. The van der Waals surface area contributed by atoms with E-state index >= 15 is 0 Å². The third kappa shape index (κ3) is 3.49. The van der Waals surface area contributed by atoms with Crippen LogP contribution in [0, 0.1) is 5.92 Å². The van der Waals surface area contributed by atoms with Crippen LogP contribution >= 0.6 is 11.8 Å². The summed E-state index contributed by atoms with van der Waals surface area (Å²) in [5.74, 6) is 0.810. The molecule has 1 saturated heterocycles. The van der Waals surface area contributed by atoms with Crippen LogP contribution in [0.15, 0.2) is 35.2 Å². The summed E-state index contributed by atoms with van der Waals surface area (Å²) in [6.45, 7) is 4.22. The molecule has 2 N–H and O–H groups in total. The molecule has 1 aromatic carbocycles. The van der Waals surface area contributed by atoms with Gasteiger partial charge in [-0.3, -0.25) is 4.79 Å². The van der Waals surface area contributed by atoms with Gasteiger partial charge in [0.1, 0.15) is 0 Å². The van der Waals surface area contributed by atoms with E-state index in [1.807, 2.05) is 6.07 Å². The van der Waals surface area contributed by atoms with Gasteiger partial charge in [-0.05, 0) is 43.9 Å². The van der Waals surface area contributed by atoms with E-state index in [-0.39, 0.29) is 16.7 Å². The van der Waals surface area contributed by atoms with Crippen LogP contribution in [0.25, 0.3) is 0 Å². The molecule has 1 aliphatic heterocycles. The van der Waals surface area contributed by atoms with Gasteiger partial charge in [0.2, 0.25) is 5.91 Å². The first-order chi connectivity index (χ1) is 10.7. The predicted octanol–water partition coefficient (Wildman–Crippen LogP) is 3.21. The van der Waals surface area contributed by atoms with Crippen molar-refractivity contribution in [3.63, 3.8) is 0 Å². The zero-order valence-electron chi connectivity index (χ0n) is 13.3. The molecule has 1 aliphatic carbocycles. The minimum Gasteiger partial charge on any atom is -0.351 e. The number of rotatable bonds is 4. The Morgan fingerprint density at radius 2 is 2.00 bits per heavy atom. The van der Waals surface area contributed by atoms with Crippen molar-refractivity contribution in [2.75, 3.05) is 13.1 Å². The van der Waals surface area contributed by atoms with E-state index < -0.39 is 0 Å². The normalized spacial score (nSPS) is 27.5. The Kier molecular flexibility index (Phi) is 5.09. The van der Waals surface area contributed by atoms with Gasteiger partial charge in [0, 0.05) is 17.5 Å². The number of piperidine rings is 1. The number of hydrogen-bond donors (Lipinski definition) is 2. The molecule has 2 aliphatic rings. The smallest absolute Gasteiger partial charge is 0.236 e. The Balaban J connectivity index is 1.71. The van der Waals surface area contributed by atoms with E-state index in [0.717, 1.165) is 45.2 Å². The lowest BCUT2D eigenvalue weighted by molar-refractivity contribution is -0.124. The summed E-state index contributed by atoms with van der Waals surface area (Å²) in [6.07, 6.45) is 5.45. The molecule has 22 heavy (non-hydrogen) atoms. The Morgan fingerprint density at radius 3 is 2.68 bits per heavy atom. The standard InChI is InChI=1S/C18H26N2OS/c1-14-9-12-19-13-16(14)20-17(21)18(10-5-6-11-18)22-15-7-3-2-4-8-15/h2-4,7-8,14,16,19H,5-6,9-13H2,1H3,(H,20,21). The van der Waals surface area contributed by atoms with Crippen molar-refractivity contribution in [1.82, 2.24) is 10.6 Å². The van der Waals surface area contributed by atoms with E-state index in [1.54, 1.807) is 11.8 Å². The molecular formula is C18H26N2OS. The summed E-state index contributed by atoms with van der Waals surface area (Å²) in [5.41, 5.74) is 0. The Bertz CT molecular complexity index is 499. The van der Waals surface area contributed by atoms with Crippen LogP contribution in [-0.2, 0) is 4.79 Å². The van der Waals surface area contributed by atoms with Crippen molar-refractivity contribution in [2.45, 2.75) is 54.7 Å². The quantitative estimate of drug-likeness (QED) is 0.896. The molecule has 0 bridgehead atoms. The van der Waals surface area contributed by atoms with Gasteiger partial charge < -0.3 is 10.6 Å². The molecule has 1 heterocycles. The number of benzene rings is 1. The second kappa shape index (κ2) is 7.05. The first kappa shape index (κ1) is 15.9. The summed E-state index contributed by atoms with van der Waals surface area (Å²) >= 11 is 1.76. The lowest BCUT2D eigenvalue weighted by atomic mass is 9.94. The van der Waals surface area contributed by atoms with Crippen molar-refractivity contribution in [1.29, 1.82) is 0 Å². The average molecular weight is 318 g/mol. The highest BCUT2D eigenvalue weighted by Gasteiger charge is 2.43. The van der Waals surface area contributed by atoms with Crippen LogP contribution in [-0.4, -0.2) is 29.8 Å². The first-order valence-corrected chi connectivity index (χ1v) is 9.27. The van der Waals surface area contributed by atoms with Crippen molar-refractivity contribution in [3.05, 3.63) is 30.3 Å². The van der Waals surface area contributed by atoms with E-state index in [9.17, 15) is 4.79 Å². The number of thioether (sulfide) groups is 1. The van der Waals surface area contributed by atoms with E-state index in [1.165, 1.54) is 4.90 Å². The van der Waals surface area contributed by atoms with Gasteiger partial charge in [0.15, 0.2) is 0 Å². The summed E-state index contributed by atoms with van der Waals surface area (Å²) in [4.78, 5) is 14.2. The number of amides is 1. The number of carbonyl (C=O) groups is 1. The molecule has 2 atom stereocenters. The maximum atomic E-state index is 13.0. The lowest BCUT2D eigenvalue weighted by Crippen LogP contribution is -2.54. The van der Waals surface area contributed by atoms with Crippen molar-refractivity contribution in [2.24, 2.45) is 5.92 Å². The molecule has 0 aromatic heterocycles. The highest BCUT2D eigenvalue weighted by atomic mass is 32.2. The van der Waals surface area contributed by atoms with Crippen LogP contribution in [0.1, 0.15) is 39.0 Å². The molecule has 3 nitrogen and oxygen atoms in total. The minimum absolute atomic E-state index is 0.249. The minimum atomic E-state index is -0.265. The van der Waals surface area contributed by atoms with Crippen molar-refractivity contribution >= 4 is 17.7 Å². The SMILES string of the molecule is CC1CCNCC1NC(=O)C1(Sc2ccccc2)CCCC1. The third-order valence-corrected chi connectivity index (χ3v) is 6.52. The molecule has 2 fully saturated rings. The fourth-order valence-electron chi connectivity index (χ4n) is 3.52. The maximum absolute atomic E-state index is 13.0. The lowest BCUT2D eigenvalue weighted by Gasteiger charge is -2.34. The molecule has 4 heteroatoms. The average Bonchev–Trinajstić information content (AvgIpc) is 3.00. The number of carbonyl (C=O) groups excluding carboxylic acids is 1. The monoisotopic (exact) mass is 318 g/mol. The molecular weight excluding hydrogens is 292 g/mol. The van der Waals surface area contributed by atoms with Gasteiger partial charge in [0.25, 0.3) is 0 Å². The predicted molar refractivity (Wildman–Crippen MR) is 92.1 cm³/mol. The van der Waals surface area contributed by atoms with Crippen LogP contribution in [0.5, 0.6) is 0 Å². The van der Waals surface area contributed by atoms with Gasteiger partial charge in [-0.25, -0.2) is 0 Å². The van der Waals surface area contributed by atoms with Gasteiger partial charge in [0.05, 0.1) is 4.75 Å². The number of nitrogens with one attached hydrogen (secondary N) is 2. The van der Waals surface area contributed by atoms with Gasteiger partial charge in [-0.15, -0.1) is 11.8 Å². The van der Waals surface area contributed by atoms with Crippen molar-refractivity contribution < 1.29 is 4.79 Å². The second-order valence-corrected chi connectivity index (χ2v) is 8.12. The highest BCUT2D eigenvalue weighted by molar-refractivity contribution is 8.01. The van der Waals surface area contributed by atoms with Crippen LogP contribution in [0.2, 0.25) is 0 Å². The van der Waals surface area contributed by atoms with Crippen LogP contribution in [0.3, 0.4) is 0 Å². The molecule has 0 spiro atoms. The van der Waals surface area contributed by atoms with Crippen LogP contribution in [0.4, 0.5) is 0 Å². The molecule has 1 aromatic rings. The molecule has 3 rings (SSSR count). The summed E-state index contributed by atoms with van der Waals surface area (Å²) in [5, 5.41) is 6.75. The summed E-state index contributed by atoms with van der Waals surface area (Å²) < 4.78 is -0.265. The number of hydrogen-bond acceptors (Lipinski definition) is 3. The largest absolute Gasteiger partial charge is 0.351 e. The van der Waals surface area contributed by atoms with E-state index in [0.29, 0.717) is 5.92 Å². The molecule has 1 saturated carbocycles. The highest BCUT2D eigenvalue weighted by Crippen LogP contribution is 2.45. The summed E-state index contributed by atoms with van der Waals surface area (Å²) in [7, 11) is 0.